The van der Waals surface area contributed by atoms with Crippen molar-refractivity contribution in [3.05, 3.63) is 0 Å². The molecular formula is C14H30N2. The van der Waals surface area contributed by atoms with Crippen LogP contribution in [-0.4, -0.2) is 36.6 Å². The molecule has 1 unspecified atom stereocenters. The van der Waals surface area contributed by atoms with Gasteiger partial charge in [0, 0.05) is 25.2 Å². The smallest absolute Gasteiger partial charge is 0.0218 e. The van der Waals surface area contributed by atoms with Gasteiger partial charge in [0.25, 0.3) is 0 Å². The van der Waals surface area contributed by atoms with E-state index in [-0.39, 0.29) is 0 Å². The molecule has 1 atom stereocenters. The quantitative estimate of drug-likeness (QED) is 0.650. The van der Waals surface area contributed by atoms with Crippen molar-refractivity contribution in [2.75, 3.05) is 19.6 Å². The minimum absolute atomic E-state index is 0.610. The Bertz CT molecular complexity index is 176. The average molecular weight is 226 g/mol. The van der Waals surface area contributed by atoms with E-state index in [9.17, 15) is 0 Å². The van der Waals surface area contributed by atoms with E-state index in [0.29, 0.717) is 6.04 Å². The van der Waals surface area contributed by atoms with Gasteiger partial charge in [-0.25, -0.2) is 0 Å². The van der Waals surface area contributed by atoms with Crippen molar-refractivity contribution in [3.8, 4) is 0 Å². The molecule has 0 aliphatic heterocycles. The van der Waals surface area contributed by atoms with Crippen LogP contribution in [0, 0.1) is 5.92 Å². The second-order valence-electron chi connectivity index (χ2n) is 5.56. The van der Waals surface area contributed by atoms with Crippen molar-refractivity contribution in [1.82, 2.24) is 10.2 Å². The van der Waals surface area contributed by atoms with E-state index in [0.717, 1.165) is 18.5 Å². The first-order chi connectivity index (χ1) is 7.67. The van der Waals surface area contributed by atoms with Gasteiger partial charge in [-0.3, -0.25) is 4.90 Å². The zero-order chi connectivity index (χ0) is 12.0. The van der Waals surface area contributed by atoms with Crippen molar-refractivity contribution in [1.29, 1.82) is 0 Å². The Kier molecular flexibility index (Phi) is 6.37. The molecule has 0 aromatic heterocycles. The lowest BCUT2D eigenvalue weighted by Gasteiger charge is -2.31. The number of hydrogen-bond acceptors (Lipinski definition) is 2. The topological polar surface area (TPSA) is 15.3 Å². The standard InChI is InChI=1S/C14H30N2/c1-5-9-16(11-13-7-8-13)14(6-2)10-15-12(3)4/h12-15H,5-11H2,1-4H3. The van der Waals surface area contributed by atoms with Gasteiger partial charge in [-0.05, 0) is 38.1 Å². The van der Waals surface area contributed by atoms with Crippen molar-refractivity contribution < 1.29 is 0 Å². The Hall–Kier alpha value is -0.0800. The molecule has 16 heavy (non-hydrogen) atoms. The van der Waals surface area contributed by atoms with Gasteiger partial charge >= 0.3 is 0 Å². The van der Waals surface area contributed by atoms with Crippen LogP contribution in [0.3, 0.4) is 0 Å². The van der Waals surface area contributed by atoms with Gasteiger partial charge in [-0.2, -0.15) is 0 Å². The van der Waals surface area contributed by atoms with Crippen LogP contribution in [0.1, 0.15) is 53.4 Å². The molecule has 1 aliphatic rings. The molecule has 1 rings (SSSR count). The van der Waals surface area contributed by atoms with Crippen LogP contribution in [-0.2, 0) is 0 Å². The summed E-state index contributed by atoms with van der Waals surface area (Å²) < 4.78 is 0. The van der Waals surface area contributed by atoms with Gasteiger partial charge in [-0.1, -0.05) is 27.7 Å². The van der Waals surface area contributed by atoms with Gasteiger partial charge in [0.15, 0.2) is 0 Å². The molecule has 0 aromatic rings. The van der Waals surface area contributed by atoms with E-state index in [1.807, 2.05) is 0 Å². The highest BCUT2D eigenvalue weighted by molar-refractivity contribution is 4.81. The highest BCUT2D eigenvalue weighted by Crippen LogP contribution is 2.30. The molecule has 0 aromatic carbocycles. The monoisotopic (exact) mass is 226 g/mol. The van der Waals surface area contributed by atoms with Gasteiger partial charge < -0.3 is 5.32 Å². The minimum atomic E-state index is 0.610. The van der Waals surface area contributed by atoms with E-state index in [1.165, 1.54) is 38.8 Å². The fraction of sp³-hybridized carbons (Fsp3) is 1.00. The molecule has 2 nitrogen and oxygen atoms in total. The summed E-state index contributed by atoms with van der Waals surface area (Å²) in [5.74, 6) is 1.01. The maximum Gasteiger partial charge on any atom is 0.0218 e. The SMILES string of the molecule is CCCN(CC1CC1)C(CC)CNC(C)C. The predicted molar refractivity (Wildman–Crippen MR) is 71.8 cm³/mol. The summed E-state index contributed by atoms with van der Waals surface area (Å²) >= 11 is 0. The van der Waals surface area contributed by atoms with Gasteiger partial charge in [-0.15, -0.1) is 0 Å². The molecule has 0 amide bonds. The van der Waals surface area contributed by atoms with Crippen molar-refractivity contribution in [2.24, 2.45) is 5.92 Å². The Morgan fingerprint density at radius 1 is 1.25 bits per heavy atom. The second-order valence-corrected chi connectivity index (χ2v) is 5.56. The first-order valence-electron chi connectivity index (χ1n) is 7.14. The van der Waals surface area contributed by atoms with Crippen LogP contribution in [0.5, 0.6) is 0 Å². The molecule has 0 heterocycles. The van der Waals surface area contributed by atoms with E-state index < -0.39 is 0 Å². The molecule has 0 bridgehead atoms. The summed E-state index contributed by atoms with van der Waals surface area (Å²) in [4.78, 5) is 2.72. The molecule has 1 saturated carbocycles. The average Bonchev–Trinajstić information content (AvgIpc) is 3.02. The highest BCUT2D eigenvalue weighted by Gasteiger charge is 2.26. The van der Waals surface area contributed by atoms with Gasteiger partial charge in [0.1, 0.15) is 0 Å². The van der Waals surface area contributed by atoms with E-state index in [2.05, 4.69) is 37.9 Å². The highest BCUT2D eigenvalue weighted by atomic mass is 15.2. The van der Waals surface area contributed by atoms with Crippen molar-refractivity contribution >= 4 is 0 Å². The maximum atomic E-state index is 3.59. The minimum Gasteiger partial charge on any atom is -0.313 e. The Balaban J connectivity index is 2.36. The second kappa shape index (κ2) is 7.29. The van der Waals surface area contributed by atoms with Gasteiger partial charge in [0.05, 0.1) is 0 Å². The molecule has 0 radical (unpaired) electrons. The van der Waals surface area contributed by atoms with Crippen LogP contribution in [0.2, 0.25) is 0 Å². The third-order valence-electron chi connectivity index (χ3n) is 3.45. The van der Waals surface area contributed by atoms with Crippen LogP contribution in [0.25, 0.3) is 0 Å². The van der Waals surface area contributed by atoms with Crippen molar-refractivity contribution in [2.45, 2.75) is 65.5 Å². The van der Waals surface area contributed by atoms with Crippen LogP contribution in [0.15, 0.2) is 0 Å². The lowest BCUT2D eigenvalue weighted by atomic mass is 10.1. The molecule has 96 valence electrons. The maximum absolute atomic E-state index is 3.59. The molecule has 0 spiro atoms. The molecule has 1 aliphatic carbocycles. The predicted octanol–water partition coefficient (Wildman–Crippen LogP) is 2.89. The number of rotatable bonds is 9. The third kappa shape index (κ3) is 5.31. The van der Waals surface area contributed by atoms with Gasteiger partial charge in [0.2, 0.25) is 0 Å². The number of hydrogen-bond donors (Lipinski definition) is 1. The largest absolute Gasteiger partial charge is 0.313 e. The molecule has 1 N–H and O–H groups in total. The fourth-order valence-corrected chi connectivity index (χ4v) is 2.25. The summed E-state index contributed by atoms with van der Waals surface area (Å²) in [5.41, 5.74) is 0. The number of nitrogens with one attached hydrogen (secondary N) is 1. The summed E-state index contributed by atoms with van der Waals surface area (Å²) in [7, 11) is 0. The zero-order valence-electron chi connectivity index (χ0n) is 11.6. The zero-order valence-corrected chi connectivity index (χ0v) is 11.6. The van der Waals surface area contributed by atoms with E-state index >= 15 is 0 Å². The van der Waals surface area contributed by atoms with Crippen LogP contribution >= 0.6 is 0 Å². The molecule has 1 fully saturated rings. The fourth-order valence-electron chi connectivity index (χ4n) is 2.25. The van der Waals surface area contributed by atoms with E-state index in [1.54, 1.807) is 0 Å². The Morgan fingerprint density at radius 2 is 1.94 bits per heavy atom. The summed E-state index contributed by atoms with van der Waals surface area (Å²) in [6.45, 7) is 12.8. The lowest BCUT2D eigenvalue weighted by Crippen LogP contribution is -2.44. The molecule has 2 heteroatoms. The third-order valence-corrected chi connectivity index (χ3v) is 3.45. The first-order valence-corrected chi connectivity index (χ1v) is 7.14. The van der Waals surface area contributed by atoms with E-state index in [4.69, 9.17) is 0 Å². The normalized spacial score (nSPS) is 18.4. The summed E-state index contributed by atoms with van der Waals surface area (Å²) in [5, 5.41) is 3.59. The van der Waals surface area contributed by atoms with Crippen LogP contribution in [0.4, 0.5) is 0 Å². The van der Waals surface area contributed by atoms with Crippen LogP contribution < -0.4 is 5.32 Å². The number of nitrogens with zero attached hydrogens (tertiary/aromatic N) is 1. The molecule has 0 saturated heterocycles. The molecular weight excluding hydrogens is 196 g/mol. The van der Waals surface area contributed by atoms with Crippen molar-refractivity contribution in [3.63, 3.8) is 0 Å². The summed E-state index contributed by atoms with van der Waals surface area (Å²) in [6, 6.07) is 1.35. The summed E-state index contributed by atoms with van der Waals surface area (Å²) in [6.07, 6.45) is 5.49. The lowest BCUT2D eigenvalue weighted by molar-refractivity contribution is 0.176. The first kappa shape index (κ1) is 14.0. The Morgan fingerprint density at radius 3 is 2.38 bits per heavy atom. The Labute approximate surface area is 102 Å².